The average Bonchev–Trinajstić information content (AvgIpc) is 3.19. The molecule has 1 saturated carbocycles. The first-order valence-corrected chi connectivity index (χ1v) is 7.21. The minimum atomic E-state index is -0.263. The molecule has 23 heavy (non-hydrogen) atoms. The molecule has 1 aliphatic carbocycles. The molecule has 0 bridgehead atoms. The van der Waals surface area contributed by atoms with Crippen molar-refractivity contribution in [2.75, 3.05) is 6.54 Å². The molecule has 2 aromatic rings. The number of carbonyl (C=O) groups excluding carboxylic acids is 1. The molecule has 0 aromatic carbocycles. The van der Waals surface area contributed by atoms with E-state index < -0.39 is 0 Å². The number of pyridine rings is 1. The Morgan fingerprint density at radius 1 is 1.30 bits per heavy atom. The molecule has 6 nitrogen and oxygen atoms in total. The largest absolute Gasteiger partial charge is 0.344 e. The molecule has 3 N–H and O–H groups in total. The van der Waals surface area contributed by atoms with Gasteiger partial charge in [0.15, 0.2) is 0 Å². The second-order valence-electron chi connectivity index (χ2n) is 5.50. The average molecular weight is 358 g/mol. The van der Waals surface area contributed by atoms with Gasteiger partial charge in [-0.15, -0.1) is 24.8 Å². The summed E-state index contributed by atoms with van der Waals surface area (Å²) in [6.45, 7) is 0.470. The van der Waals surface area contributed by atoms with E-state index in [-0.39, 0.29) is 36.3 Å². The molecule has 1 aliphatic rings. The molecule has 0 unspecified atom stereocenters. The second kappa shape index (κ2) is 8.29. The van der Waals surface area contributed by atoms with E-state index in [1.54, 1.807) is 23.1 Å². The third-order valence-electron chi connectivity index (χ3n) is 4.08. The van der Waals surface area contributed by atoms with Crippen LogP contribution in [-0.2, 0) is 0 Å². The summed E-state index contributed by atoms with van der Waals surface area (Å²) in [4.78, 5) is 16.6. The van der Waals surface area contributed by atoms with E-state index >= 15 is 0 Å². The van der Waals surface area contributed by atoms with Crippen molar-refractivity contribution < 1.29 is 4.79 Å². The van der Waals surface area contributed by atoms with Gasteiger partial charge in [0.05, 0.1) is 11.2 Å². The molecule has 2 aromatic heterocycles. The molecule has 0 radical (unpaired) electrons. The maximum Gasteiger partial charge on any atom is 0.270 e. The van der Waals surface area contributed by atoms with Gasteiger partial charge in [-0.1, -0.05) is 12.8 Å². The van der Waals surface area contributed by atoms with Gasteiger partial charge in [-0.05, 0) is 31.0 Å². The summed E-state index contributed by atoms with van der Waals surface area (Å²) in [5, 5.41) is 7.23. The maximum atomic E-state index is 12.4. The first kappa shape index (κ1) is 19.4. The fourth-order valence-corrected chi connectivity index (χ4v) is 2.84. The van der Waals surface area contributed by atoms with Gasteiger partial charge < -0.3 is 11.1 Å². The lowest BCUT2D eigenvalue weighted by Crippen LogP contribution is -2.51. The minimum absolute atomic E-state index is 0. The number of aromatic nitrogens is 3. The van der Waals surface area contributed by atoms with Crippen LogP contribution < -0.4 is 11.1 Å². The molecule has 2 heterocycles. The van der Waals surface area contributed by atoms with Gasteiger partial charge in [-0.3, -0.25) is 9.78 Å². The van der Waals surface area contributed by atoms with Gasteiger partial charge in [0, 0.05) is 25.1 Å². The van der Waals surface area contributed by atoms with Crippen LogP contribution in [-0.4, -0.2) is 32.8 Å². The van der Waals surface area contributed by atoms with Crippen molar-refractivity contribution in [2.24, 2.45) is 5.73 Å². The monoisotopic (exact) mass is 357 g/mol. The third kappa shape index (κ3) is 4.22. The summed E-state index contributed by atoms with van der Waals surface area (Å²) in [7, 11) is 0. The minimum Gasteiger partial charge on any atom is -0.344 e. The van der Waals surface area contributed by atoms with E-state index in [9.17, 15) is 4.79 Å². The van der Waals surface area contributed by atoms with Crippen LogP contribution in [0.15, 0.2) is 36.8 Å². The van der Waals surface area contributed by atoms with E-state index in [1.807, 2.05) is 18.3 Å². The number of nitrogens with zero attached hydrogens (tertiary/aromatic N) is 3. The predicted molar refractivity (Wildman–Crippen MR) is 93.6 cm³/mol. The topological polar surface area (TPSA) is 85.8 Å². The van der Waals surface area contributed by atoms with E-state index in [1.165, 1.54) is 0 Å². The number of halogens is 2. The van der Waals surface area contributed by atoms with Crippen molar-refractivity contribution in [1.82, 2.24) is 20.1 Å². The van der Waals surface area contributed by atoms with E-state index in [2.05, 4.69) is 15.4 Å². The third-order valence-corrected chi connectivity index (χ3v) is 4.08. The Hall–Kier alpha value is -1.63. The normalized spacial score (nSPS) is 15.3. The predicted octanol–water partition coefficient (Wildman–Crippen LogP) is 2.11. The van der Waals surface area contributed by atoms with Crippen LogP contribution in [0, 0.1) is 0 Å². The molecule has 8 heteroatoms. The van der Waals surface area contributed by atoms with Crippen LogP contribution in [0.5, 0.6) is 0 Å². The summed E-state index contributed by atoms with van der Waals surface area (Å²) in [5.74, 6) is -0.170. The van der Waals surface area contributed by atoms with Gasteiger partial charge >= 0.3 is 0 Å². The zero-order valence-electron chi connectivity index (χ0n) is 12.6. The molecule has 0 aliphatic heterocycles. The van der Waals surface area contributed by atoms with Crippen LogP contribution >= 0.6 is 24.8 Å². The number of nitrogens with one attached hydrogen (secondary N) is 1. The summed E-state index contributed by atoms with van der Waals surface area (Å²) < 4.78 is 1.70. The number of carbonyl (C=O) groups is 1. The zero-order chi connectivity index (χ0) is 14.7. The fourth-order valence-electron chi connectivity index (χ4n) is 2.84. The quantitative estimate of drug-likeness (QED) is 0.877. The molecular weight excluding hydrogens is 337 g/mol. The molecule has 3 rings (SSSR count). The van der Waals surface area contributed by atoms with Crippen molar-refractivity contribution >= 4 is 30.7 Å². The van der Waals surface area contributed by atoms with E-state index in [0.29, 0.717) is 12.2 Å². The highest BCUT2D eigenvalue weighted by Gasteiger charge is 2.34. The molecular formula is C15H21Cl2N5O. The lowest BCUT2D eigenvalue weighted by molar-refractivity contribution is 0.0898. The zero-order valence-corrected chi connectivity index (χ0v) is 14.3. The Morgan fingerprint density at radius 3 is 2.65 bits per heavy atom. The second-order valence-corrected chi connectivity index (χ2v) is 5.50. The Bertz CT molecular complexity index is 627. The Balaban J connectivity index is 0.00000132. The smallest absolute Gasteiger partial charge is 0.270 e. The Labute approximate surface area is 147 Å². The van der Waals surface area contributed by atoms with Crippen molar-refractivity contribution in [1.29, 1.82) is 0 Å². The molecule has 1 fully saturated rings. The summed E-state index contributed by atoms with van der Waals surface area (Å²) in [6.07, 6.45) is 9.24. The number of rotatable bonds is 4. The van der Waals surface area contributed by atoms with E-state index in [4.69, 9.17) is 5.73 Å². The number of nitrogens with two attached hydrogens (primary N) is 1. The molecule has 0 atom stereocenters. The Morgan fingerprint density at radius 2 is 2.04 bits per heavy atom. The number of hydrogen-bond donors (Lipinski definition) is 2. The van der Waals surface area contributed by atoms with Gasteiger partial charge in [-0.25, -0.2) is 4.68 Å². The van der Waals surface area contributed by atoms with Crippen molar-refractivity contribution in [3.8, 4) is 5.69 Å². The van der Waals surface area contributed by atoms with Crippen molar-refractivity contribution in [2.45, 2.75) is 31.2 Å². The Kier molecular flexibility index (Phi) is 7.00. The van der Waals surface area contributed by atoms with Gasteiger partial charge in [0.2, 0.25) is 0 Å². The van der Waals surface area contributed by atoms with Crippen LogP contribution in [0.1, 0.15) is 36.2 Å². The highest BCUT2D eigenvalue weighted by Crippen LogP contribution is 2.28. The van der Waals surface area contributed by atoms with Gasteiger partial charge in [-0.2, -0.15) is 5.10 Å². The summed E-state index contributed by atoms with van der Waals surface area (Å²) >= 11 is 0. The van der Waals surface area contributed by atoms with Crippen LogP contribution in [0.25, 0.3) is 5.69 Å². The lowest BCUT2D eigenvalue weighted by Gasteiger charge is -2.28. The van der Waals surface area contributed by atoms with Gasteiger partial charge in [0.25, 0.3) is 5.91 Å². The van der Waals surface area contributed by atoms with Crippen molar-refractivity contribution in [3.63, 3.8) is 0 Å². The molecule has 1 amide bonds. The molecule has 0 spiro atoms. The first-order valence-electron chi connectivity index (χ1n) is 7.21. The van der Waals surface area contributed by atoms with E-state index in [0.717, 1.165) is 31.4 Å². The van der Waals surface area contributed by atoms with Crippen LogP contribution in [0.2, 0.25) is 0 Å². The van der Waals surface area contributed by atoms with Crippen LogP contribution in [0.3, 0.4) is 0 Å². The highest BCUT2D eigenvalue weighted by atomic mass is 35.5. The summed E-state index contributed by atoms with van der Waals surface area (Å²) in [6, 6.07) is 5.39. The lowest BCUT2D eigenvalue weighted by atomic mass is 9.97. The number of hydrogen-bond acceptors (Lipinski definition) is 4. The van der Waals surface area contributed by atoms with Crippen molar-refractivity contribution in [3.05, 3.63) is 42.5 Å². The molecule has 126 valence electrons. The molecule has 0 saturated heterocycles. The summed E-state index contributed by atoms with van der Waals surface area (Å²) in [5.41, 5.74) is 6.79. The van der Waals surface area contributed by atoms with Gasteiger partial charge in [0.1, 0.15) is 5.69 Å². The van der Waals surface area contributed by atoms with Crippen LogP contribution in [0.4, 0.5) is 0 Å². The first-order chi connectivity index (χ1) is 10.2. The highest BCUT2D eigenvalue weighted by molar-refractivity contribution is 5.93. The standard InChI is InChI=1S/C15H19N5O.2ClH/c16-11-15(5-1-2-6-15)19-14(21)13-10-12(4-8-17-13)20-9-3-7-18-20;;/h3-4,7-10H,1-2,5-6,11,16H2,(H,19,21);2*1H. The maximum absolute atomic E-state index is 12.4. The fraction of sp³-hybridized carbons (Fsp3) is 0.400. The number of amides is 1. The SMILES string of the molecule is Cl.Cl.NCC1(NC(=O)c2cc(-n3cccn3)ccn2)CCCC1.